The smallest absolute Gasteiger partial charge is 0.240 e. The van der Waals surface area contributed by atoms with Crippen molar-refractivity contribution in [1.29, 1.82) is 0 Å². The number of piperidine rings is 1. The van der Waals surface area contributed by atoms with Gasteiger partial charge in [0, 0.05) is 12.1 Å². The molecule has 1 saturated heterocycles. The second-order valence-electron chi connectivity index (χ2n) is 6.75. The molecular formula is C18H23N5O. The minimum absolute atomic E-state index is 0.0333. The normalized spacial score (nSPS) is 23.8. The zero-order valence-electron chi connectivity index (χ0n) is 14.0. The summed E-state index contributed by atoms with van der Waals surface area (Å²) in [5, 5.41) is 12.1. The Labute approximate surface area is 141 Å². The molecule has 0 unspecified atom stereocenters. The third kappa shape index (κ3) is 2.71. The van der Waals surface area contributed by atoms with Crippen molar-refractivity contribution in [2.75, 3.05) is 13.1 Å². The summed E-state index contributed by atoms with van der Waals surface area (Å²) in [7, 11) is 0. The van der Waals surface area contributed by atoms with Crippen LogP contribution in [-0.2, 0) is 11.3 Å². The first kappa shape index (κ1) is 15.3. The fourth-order valence-electron chi connectivity index (χ4n) is 3.77. The van der Waals surface area contributed by atoms with Crippen LogP contribution >= 0.6 is 0 Å². The number of carbonyl (C=O) groups excluding carboxylic acids is 1. The predicted molar refractivity (Wildman–Crippen MR) is 91.2 cm³/mol. The summed E-state index contributed by atoms with van der Waals surface area (Å²) in [6.07, 6.45) is 3.22. The molecule has 0 radical (unpaired) electrons. The van der Waals surface area contributed by atoms with E-state index < -0.39 is 0 Å². The van der Waals surface area contributed by atoms with Crippen molar-refractivity contribution in [3.63, 3.8) is 0 Å². The van der Waals surface area contributed by atoms with Crippen LogP contribution in [0.25, 0.3) is 11.4 Å². The Morgan fingerprint density at radius 1 is 1.21 bits per heavy atom. The lowest BCUT2D eigenvalue weighted by Gasteiger charge is -2.35. The Kier molecular flexibility index (Phi) is 4.06. The van der Waals surface area contributed by atoms with Crippen LogP contribution in [0.2, 0.25) is 0 Å². The number of hydrogen-bond donors (Lipinski definition) is 1. The first-order valence-electron chi connectivity index (χ1n) is 8.75. The van der Waals surface area contributed by atoms with Crippen LogP contribution in [0.4, 0.5) is 0 Å². The number of carbonyl (C=O) groups is 1. The number of fused-ring (bicyclic) bond motifs is 1. The molecule has 1 aromatic heterocycles. The highest BCUT2D eigenvalue weighted by Gasteiger charge is 2.33. The molecule has 1 N–H and O–H groups in total. The third-order valence-corrected chi connectivity index (χ3v) is 4.98. The fourth-order valence-corrected chi connectivity index (χ4v) is 3.77. The van der Waals surface area contributed by atoms with Gasteiger partial charge in [0.05, 0.1) is 18.6 Å². The maximum atomic E-state index is 12.8. The average Bonchev–Trinajstić information content (AvgIpc) is 3.07. The maximum Gasteiger partial charge on any atom is 0.240 e. The Morgan fingerprint density at radius 2 is 2.04 bits per heavy atom. The van der Waals surface area contributed by atoms with E-state index in [1.54, 1.807) is 0 Å². The lowest BCUT2D eigenvalue weighted by molar-refractivity contribution is -0.136. The molecule has 6 nitrogen and oxygen atoms in total. The van der Waals surface area contributed by atoms with Gasteiger partial charge in [0.25, 0.3) is 0 Å². The topological polar surface area (TPSA) is 63.1 Å². The highest BCUT2D eigenvalue weighted by Crippen LogP contribution is 2.28. The molecular weight excluding hydrogens is 302 g/mol. The highest BCUT2D eigenvalue weighted by molar-refractivity contribution is 5.82. The predicted octanol–water partition coefficient (Wildman–Crippen LogP) is 1.99. The van der Waals surface area contributed by atoms with Crippen LogP contribution in [0.3, 0.4) is 0 Å². The molecule has 0 bridgehead atoms. The Morgan fingerprint density at radius 3 is 2.79 bits per heavy atom. The Bertz CT molecular complexity index is 720. The zero-order chi connectivity index (χ0) is 16.5. The lowest BCUT2D eigenvalue weighted by Crippen LogP contribution is -2.51. The minimum Gasteiger partial charge on any atom is -0.332 e. The van der Waals surface area contributed by atoms with Crippen LogP contribution < -0.4 is 5.32 Å². The molecule has 0 aliphatic carbocycles. The number of rotatable bonds is 2. The second kappa shape index (κ2) is 6.36. The van der Waals surface area contributed by atoms with Crippen molar-refractivity contribution in [3.8, 4) is 11.4 Å². The van der Waals surface area contributed by atoms with Crippen molar-refractivity contribution in [2.45, 2.75) is 44.8 Å². The molecule has 3 heterocycles. The van der Waals surface area contributed by atoms with Crippen molar-refractivity contribution in [3.05, 3.63) is 36.2 Å². The van der Waals surface area contributed by atoms with Crippen LogP contribution in [-0.4, -0.2) is 44.7 Å². The first-order chi connectivity index (χ1) is 11.7. The summed E-state index contributed by atoms with van der Waals surface area (Å²) < 4.78 is 2.17. The number of amides is 1. The van der Waals surface area contributed by atoms with Crippen molar-refractivity contribution >= 4 is 5.91 Å². The molecule has 1 fully saturated rings. The monoisotopic (exact) mass is 325 g/mol. The van der Waals surface area contributed by atoms with Crippen LogP contribution in [0.5, 0.6) is 0 Å². The molecule has 1 amide bonds. The molecule has 2 aliphatic heterocycles. The summed E-state index contributed by atoms with van der Waals surface area (Å²) >= 11 is 0. The summed E-state index contributed by atoms with van der Waals surface area (Å²) in [6.45, 7) is 4.32. The van der Waals surface area contributed by atoms with Crippen LogP contribution in [0.15, 0.2) is 30.3 Å². The SMILES string of the molecule is C[C@H]1CN(C(=O)[C@H]2CCCCN2)Cc2nnc(-c3ccccc3)n21. The van der Waals surface area contributed by atoms with E-state index in [1.807, 2.05) is 35.2 Å². The number of nitrogens with zero attached hydrogens (tertiary/aromatic N) is 4. The second-order valence-corrected chi connectivity index (χ2v) is 6.75. The molecule has 2 atom stereocenters. The Balaban J connectivity index is 1.58. The van der Waals surface area contributed by atoms with Gasteiger partial charge in [-0.25, -0.2) is 0 Å². The lowest BCUT2D eigenvalue weighted by atomic mass is 10.0. The van der Waals surface area contributed by atoms with Crippen molar-refractivity contribution in [1.82, 2.24) is 25.0 Å². The number of benzene rings is 1. The average molecular weight is 325 g/mol. The summed E-state index contributed by atoms with van der Waals surface area (Å²) in [5.41, 5.74) is 1.07. The summed E-state index contributed by atoms with van der Waals surface area (Å²) in [4.78, 5) is 14.7. The van der Waals surface area contributed by atoms with E-state index in [1.165, 1.54) is 0 Å². The van der Waals surface area contributed by atoms with Gasteiger partial charge in [-0.15, -0.1) is 10.2 Å². The molecule has 6 heteroatoms. The van der Waals surface area contributed by atoms with Crippen molar-refractivity contribution < 1.29 is 4.79 Å². The van der Waals surface area contributed by atoms with Crippen LogP contribution in [0.1, 0.15) is 38.1 Å². The quantitative estimate of drug-likeness (QED) is 0.917. The molecule has 126 valence electrons. The highest BCUT2D eigenvalue weighted by atomic mass is 16.2. The number of aromatic nitrogens is 3. The van der Waals surface area contributed by atoms with Gasteiger partial charge in [-0.05, 0) is 26.3 Å². The van der Waals surface area contributed by atoms with E-state index in [4.69, 9.17) is 0 Å². The van der Waals surface area contributed by atoms with E-state index in [9.17, 15) is 4.79 Å². The van der Waals surface area contributed by atoms with Gasteiger partial charge >= 0.3 is 0 Å². The fraction of sp³-hybridized carbons (Fsp3) is 0.500. The van der Waals surface area contributed by atoms with Gasteiger partial charge in [0.1, 0.15) is 0 Å². The Hall–Kier alpha value is -2.21. The van der Waals surface area contributed by atoms with Gasteiger partial charge < -0.3 is 14.8 Å². The van der Waals surface area contributed by atoms with Crippen molar-refractivity contribution in [2.24, 2.45) is 0 Å². The molecule has 1 aromatic carbocycles. The van der Waals surface area contributed by atoms with E-state index in [-0.39, 0.29) is 18.0 Å². The van der Waals surface area contributed by atoms with Gasteiger partial charge in [-0.1, -0.05) is 36.8 Å². The maximum absolute atomic E-state index is 12.8. The van der Waals surface area contributed by atoms with Gasteiger partial charge in [0.15, 0.2) is 11.6 Å². The molecule has 2 aromatic rings. The standard InChI is InChI=1S/C18H23N5O/c1-13-11-22(18(24)15-9-5-6-10-19-15)12-16-20-21-17(23(13)16)14-7-3-2-4-8-14/h2-4,7-8,13,15,19H,5-6,9-12H2,1H3/t13-,15+/m0/s1. The largest absolute Gasteiger partial charge is 0.332 e. The minimum atomic E-state index is -0.0333. The summed E-state index contributed by atoms with van der Waals surface area (Å²) in [6, 6.07) is 10.3. The number of nitrogens with one attached hydrogen (secondary N) is 1. The van der Waals surface area contributed by atoms with E-state index in [2.05, 4.69) is 27.0 Å². The van der Waals surface area contributed by atoms with E-state index >= 15 is 0 Å². The molecule has 2 aliphatic rings. The van der Waals surface area contributed by atoms with Gasteiger partial charge in [-0.2, -0.15) is 0 Å². The van der Waals surface area contributed by atoms with Gasteiger partial charge in [0.2, 0.25) is 5.91 Å². The van der Waals surface area contributed by atoms with E-state index in [0.717, 1.165) is 43.0 Å². The molecule has 24 heavy (non-hydrogen) atoms. The van der Waals surface area contributed by atoms with Gasteiger partial charge in [-0.3, -0.25) is 4.79 Å². The third-order valence-electron chi connectivity index (χ3n) is 4.98. The number of hydrogen-bond acceptors (Lipinski definition) is 4. The van der Waals surface area contributed by atoms with Crippen LogP contribution in [0, 0.1) is 0 Å². The zero-order valence-corrected chi connectivity index (χ0v) is 14.0. The van der Waals surface area contributed by atoms with E-state index in [0.29, 0.717) is 13.1 Å². The summed E-state index contributed by atoms with van der Waals surface area (Å²) in [5.74, 6) is 1.97. The first-order valence-corrected chi connectivity index (χ1v) is 8.75. The molecule has 0 saturated carbocycles. The molecule has 0 spiro atoms. The molecule has 4 rings (SSSR count).